The van der Waals surface area contributed by atoms with E-state index in [-0.39, 0.29) is 18.5 Å². The lowest BCUT2D eigenvalue weighted by Gasteiger charge is -2.28. The van der Waals surface area contributed by atoms with Crippen molar-refractivity contribution in [3.8, 4) is 0 Å². The minimum absolute atomic E-state index is 0.0287. The van der Waals surface area contributed by atoms with E-state index in [2.05, 4.69) is 10.6 Å². The quantitative estimate of drug-likeness (QED) is 0.491. The highest BCUT2D eigenvalue weighted by Gasteiger charge is 2.33. The van der Waals surface area contributed by atoms with E-state index in [1.807, 2.05) is 30.5 Å². The van der Waals surface area contributed by atoms with Crippen LogP contribution in [-0.2, 0) is 9.53 Å². The molecule has 2 N–H and O–H groups in total. The molecule has 1 atom stereocenters. The first-order valence-electron chi connectivity index (χ1n) is 6.78. The fourth-order valence-corrected chi connectivity index (χ4v) is 2.84. The maximum absolute atomic E-state index is 12.2. The summed E-state index contributed by atoms with van der Waals surface area (Å²) in [4.78, 5) is 25.1. The fourth-order valence-electron chi connectivity index (χ4n) is 2.22. The van der Waals surface area contributed by atoms with Gasteiger partial charge in [-0.15, -0.1) is 23.4 Å². The second-order valence-electron chi connectivity index (χ2n) is 4.55. The summed E-state index contributed by atoms with van der Waals surface area (Å²) in [6.45, 7) is 1.99. The van der Waals surface area contributed by atoms with Gasteiger partial charge in [0.05, 0.1) is 24.1 Å². The summed E-state index contributed by atoms with van der Waals surface area (Å²) in [5.74, 6) is -0.453. The first-order valence-corrected chi connectivity index (χ1v) is 8.54. The molecule has 0 bridgehead atoms. The van der Waals surface area contributed by atoms with Gasteiger partial charge in [0.2, 0.25) is 0 Å². The van der Waals surface area contributed by atoms with Crippen molar-refractivity contribution in [3.05, 3.63) is 41.1 Å². The summed E-state index contributed by atoms with van der Waals surface area (Å²) >= 11 is 7.49. The van der Waals surface area contributed by atoms with E-state index < -0.39 is 12.0 Å². The van der Waals surface area contributed by atoms with Gasteiger partial charge < -0.3 is 15.4 Å². The molecule has 0 aromatic heterocycles. The molecule has 1 heterocycles. The standard InChI is InChI=1S/C15H17ClN2O3S/c1-3-21-14(19)12-11(8-16)17-15(20)18-13(12)9-4-6-10(22-2)7-5-9/h4-7,13H,3,8H2,1-2H3,(H2,17,18,20)/t13-/m1/s1. The minimum Gasteiger partial charge on any atom is -0.463 e. The average molecular weight is 341 g/mol. The van der Waals surface area contributed by atoms with E-state index in [0.29, 0.717) is 11.3 Å². The van der Waals surface area contributed by atoms with Crippen molar-refractivity contribution in [1.29, 1.82) is 0 Å². The third-order valence-electron chi connectivity index (χ3n) is 3.23. The number of carbonyl (C=O) groups excluding carboxylic acids is 2. The van der Waals surface area contributed by atoms with Gasteiger partial charge in [-0.3, -0.25) is 0 Å². The summed E-state index contributed by atoms with van der Waals surface area (Å²) < 4.78 is 5.09. The van der Waals surface area contributed by atoms with Crippen LogP contribution in [0, 0.1) is 0 Å². The van der Waals surface area contributed by atoms with E-state index in [1.165, 1.54) is 0 Å². The number of benzene rings is 1. The number of nitrogens with one attached hydrogen (secondary N) is 2. The summed E-state index contributed by atoms with van der Waals surface area (Å²) in [5, 5.41) is 5.32. The van der Waals surface area contributed by atoms with Crippen molar-refractivity contribution < 1.29 is 14.3 Å². The Bertz CT molecular complexity index is 601. The highest BCUT2D eigenvalue weighted by Crippen LogP contribution is 2.29. The lowest BCUT2D eigenvalue weighted by molar-refractivity contribution is -0.139. The molecule has 0 aliphatic carbocycles. The van der Waals surface area contributed by atoms with Crippen LogP contribution in [0.25, 0.3) is 0 Å². The van der Waals surface area contributed by atoms with Crippen molar-refractivity contribution in [2.75, 3.05) is 18.7 Å². The monoisotopic (exact) mass is 340 g/mol. The molecule has 0 saturated heterocycles. The fraction of sp³-hybridized carbons (Fsp3) is 0.333. The first kappa shape index (κ1) is 16.7. The normalized spacial score (nSPS) is 17.8. The van der Waals surface area contributed by atoms with Crippen LogP contribution in [0.3, 0.4) is 0 Å². The lowest BCUT2D eigenvalue weighted by atomic mass is 9.95. The van der Waals surface area contributed by atoms with Crippen molar-refractivity contribution in [2.24, 2.45) is 0 Å². The molecular weight excluding hydrogens is 324 g/mol. The Kier molecular flexibility index (Phi) is 5.74. The van der Waals surface area contributed by atoms with Gasteiger partial charge >= 0.3 is 12.0 Å². The van der Waals surface area contributed by atoms with E-state index in [4.69, 9.17) is 16.3 Å². The van der Waals surface area contributed by atoms with Crippen molar-refractivity contribution in [3.63, 3.8) is 0 Å². The largest absolute Gasteiger partial charge is 0.463 e. The number of carbonyl (C=O) groups is 2. The molecule has 0 unspecified atom stereocenters. The van der Waals surface area contributed by atoms with Gasteiger partial charge in [-0.25, -0.2) is 9.59 Å². The zero-order chi connectivity index (χ0) is 16.1. The third kappa shape index (κ3) is 3.56. The molecule has 1 aliphatic rings. The van der Waals surface area contributed by atoms with E-state index in [1.54, 1.807) is 18.7 Å². The van der Waals surface area contributed by atoms with Gasteiger partial charge in [0.15, 0.2) is 0 Å². The van der Waals surface area contributed by atoms with E-state index in [9.17, 15) is 9.59 Å². The second kappa shape index (κ2) is 7.56. The van der Waals surface area contributed by atoms with Crippen LogP contribution < -0.4 is 10.6 Å². The zero-order valence-corrected chi connectivity index (χ0v) is 13.9. The van der Waals surface area contributed by atoms with E-state index >= 15 is 0 Å². The average Bonchev–Trinajstić information content (AvgIpc) is 2.54. The van der Waals surface area contributed by atoms with Gasteiger partial charge in [0.1, 0.15) is 0 Å². The van der Waals surface area contributed by atoms with Crippen LogP contribution in [0.2, 0.25) is 0 Å². The Morgan fingerprint density at radius 1 is 1.36 bits per heavy atom. The first-order chi connectivity index (χ1) is 10.6. The lowest BCUT2D eigenvalue weighted by Crippen LogP contribution is -2.46. The number of halogens is 1. The number of allylic oxidation sites excluding steroid dienone is 1. The van der Waals surface area contributed by atoms with Crippen molar-refractivity contribution >= 4 is 35.4 Å². The van der Waals surface area contributed by atoms with Gasteiger partial charge in [0.25, 0.3) is 0 Å². The van der Waals surface area contributed by atoms with Gasteiger partial charge in [-0.2, -0.15) is 0 Å². The number of urea groups is 1. The van der Waals surface area contributed by atoms with Gasteiger partial charge in [0, 0.05) is 10.6 Å². The minimum atomic E-state index is -0.572. The topological polar surface area (TPSA) is 67.4 Å². The van der Waals surface area contributed by atoms with Gasteiger partial charge in [-0.1, -0.05) is 12.1 Å². The molecule has 7 heteroatoms. The molecule has 1 aromatic rings. The summed E-state index contributed by atoms with van der Waals surface area (Å²) in [5.41, 5.74) is 1.52. The van der Waals surface area contributed by atoms with Crippen molar-refractivity contribution in [2.45, 2.75) is 17.9 Å². The van der Waals surface area contributed by atoms with Crippen LogP contribution in [-0.4, -0.2) is 30.7 Å². The SMILES string of the molecule is CCOC(=O)C1=C(CCl)NC(=O)N[C@@H]1c1ccc(SC)cc1. The van der Waals surface area contributed by atoms with Crippen LogP contribution in [0.15, 0.2) is 40.4 Å². The maximum Gasteiger partial charge on any atom is 0.338 e. The molecule has 0 radical (unpaired) electrons. The number of ether oxygens (including phenoxy) is 1. The molecule has 2 amide bonds. The summed E-state index contributed by atoms with van der Waals surface area (Å²) in [6, 6.07) is 6.69. The number of esters is 1. The number of hydrogen-bond donors (Lipinski definition) is 2. The highest BCUT2D eigenvalue weighted by molar-refractivity contribution is 7.98. The predicted molar refractivity (Wildman–Crippen MR) is 87.0 cm³/mol. The van der Waals surface area contributed by atoms with Crippen molar-refractivity contribution in [1.82, 2.24) is 10.6 Å². The molecule has 0 spiro atoms. The predicted octanol–water partition coefficient (Wildman–Crippen LogP) is 2.82. The van der Waals surface area contributed by atoms with Gasteiger partial charge in [-0.05, 0) is 30.9 Å². The third-order valence-corrected chi connectivity index (χ3v) is 4.24. The van der Waals surface area contributed by atoms with Crippen LogP contribution in [0.1, 0.15) is 18.5 Å². The second-order valence-corrected chi connectivity index (χ2v) is 5.70. The maximum atomic E-state index is 12.2. The summed E-state index contributed by atoms with van der Waals surface area (Å²) in [7, 11) is 0. The Hall–Kier alpha value is -1.66. The zero-order valence-electron chi connectivity index (χ0n) is 12.3. The molecule has 118 valence electrons. The Balaban J connectivity index is 2.44. The number of thioether (sulfide) groups is 1. The smallest absolute Gasteiger partial charge is 0.338 e. The molecule has 2 rings (SSSR count). The molecular formula is C15H17ClN2O3S. The number of rotatable bonds is 5. The van der Waals surface area contributed by atoms with Crippen LogP contribution in [0.4, 0.5) is 4.79 Å². The number of hydrogen-bond acceptors (Lipinski definition) is 4. The molecule has 22 heavy (non-hydrogen) atoms. The molecule has 1 aromatic carbocycles. The number of alkyl halides is 1. The Morgan fingerprint density at radius 3 is 2.59 bits per heavy atom. The molecule has 0 saturated carbocycles. The highest BCUT2D eigenvalue weighted by atomic mass is 35.5. The molecule has 5 nitrogen and oxygen atoms in total. The number of amides is 2. The Morgan fingerprint density at radius 2 is 2.05 bits per heavy atom. The summed E-state index contributed by atoms with van der Waals surface area (Å²) in [6.07, 6.45) is 1.98. The van der Waals surface area contributed by atoms with Crippen LogP contribution in [0.5, 0.6) is 0 Å². The van der Waals surface area contributed by atoms with E-state index in [0.717, 1.165) is 10.5 Å². The Labute approximate surface area is 138 Å². The van der Waals surface area contributed by atoms with Crippen LogP contribution >= 0.6 is 23.4 Å². The molecule has 0 fully saturated rings. The molecule has 1 aliphatic heterocycles.